The third-order valence-electron chi connectivity index (χ3n) is 7.57. The Balaban J connectivity index is 1.67. The SMILES string of the molecule is CCCCC[C@@H](C=C[C@@H]1[C@@H](CC=CCC=CC(=O)O)[C@@H](OC2CCCCO2)C[C@H]1O)OC1CCCCO1. The minimum Gasteiger partial charge on any atom is -0.478 e. The molecule has 2 aliphatic heterocycles. The van der Waals surface area contributed by atoms with E-state index in [1.165, 1.54) is 6.42 Å². The maximum atomic E-state index is 11.1. The van der Waals surface area contributed by atoms with Crippen molar-refractivity contribution in [3.8, 4) is 0 Å². The number of rotatable bonds is 15. The number of unbranched alkanes of at least 4 members (excludes halogenated alkanes) is 2. The summed E-state index contributed by atoms with van der Waals surface area (Å²) in [4.78, 5) is 10.7. The number of carboxylic acids is 1. The number of aliphatic hydroxyl groups is 1. The monoisotopic (exact) mass is 520 g/mol. The molecule has 1 saturated carbocycles. The molecule has 3 aliphatic rings. The Kier molecular flexibility index (Phi) is 13.9. The highest BCUT2D eigenvalue weighted by molar-refractivity contribution is 5.79. The fourth-order valence-corrected chi connectivity index (χ4v) is 5.52. The summed E-state index contributed by atoms with van der Waals surface area (Å²) in [5, 5.41) is 19.9. The summed E-state index contributed by atoms with van der Waals surface area (Å²) in [6.07, 6.45) is 22.7. The van der Waals surface area contributed by atoms with E-state index in [4.69, 9.17) is 24.1 Å². The van der Waals surface area contributed by atoms with Gasteiger partial charge < -0.3 is 29.2 Å². The molecule has 2 saturated heterocycles. The molecule has 2 heterocycles. The highest BCUT2D eigenvalue weighted by atomic mass is 16.7. The highest BCUT2D eigenvalue weighted by Crippen LogP contribution is 2.39. The van der Waals surface area contributed by atoms with Crippen LogP contribution in [0.3, 0.4) is 0 Å². The Hall–Kier alpha value is -1.51. The first-order chi connectivity index (χ1) is 18.1. The number of hydrogen-bond acceptors (Lipinski definition) is 6. The van der Waals surface area contributed by atoms with E-state index in [0.29, 0.717) is 12.8 Å². The lowest BCUT2D eigenvalue weighted by atomic mass is 9.89. The predicted molar refractivity (Wildman–Crippen MR) is 143 cm³/mol. The second-order valence-electron chi connectivity index (χ2n) is 10.5. The molecule has 0 radical (unpaired) electrons. The molecule has 2 unspecified atom stereocenters. The average molecular weight is 521 g/mol. The second-order valence-corrected chi connectivity index (χ2v) is 10.5. The van der Waals surface area contributed by atoms with Crippen molar-refractivity contribution in [2.24, 2.45) is 11.8 Å². The zero-order valence-electron chi connectivity index (χ0n) is 22.5. The van der Waals surface area contributed by atoms with E-state index in [1.54, 1.807) is 6.08 Å². The van der Waals surface area contributed by atoms with Crippen LogP contribution in [0.25, 0.3) is 0 Å². The molecule has 0 aromatic carbocycles. The Morgan fingerprint density at radius 1 is 1.03 bits per heavy atom. The van der Waals surface area contributed by atoms with Crippen molar-refractivity contribution < 1.29 is 34.0 Å². The maximum Gasteiger partial charge on any atom is 0.327 e. The number of allylic oxidation sites excluding steroid dienone is 3. The van der Waals surface area contributed by atoms with Gasteiger partial charge in [-0.25, -0.2) is 4.79 Å². The van der Waals surface area contributed by atoms with Crippen LogP contribution in [-0.4, -0.2) is 60.3 Å². The van der Waals surface area contributed by atoms with E-state index < -0.39 is 12.1 Å². The van der Waals surface area contributed by atoms with Crippen molar-refractivity contribution in [3.05, 3.63) is 36.5 Å². The normalized spacial score (nSPS) is 32.1. The zero-order chi connectivity index (χ0) is 26.3. The molecule has 0 amide bonds. The van der Waals surface area contributed by atoms with Crippen LogP contribution in [0, 0.1) is 11.8 Å². The molecule has 2 N–H and O–H groups in total. The van der Waals surface area contributed by atoms with Crippen molar-refractivity contribution in [1.82, 2.24) is 0 Å². The molecule has 210 valence electrons. The predicted octanol–water partition coefficient (Wildman–Crippen LogP) is 5.92. The van der Waals surface area contributed by atoms with Crippen LogP contribution in [0.2, 0.25) is 0 Å². The van der Waals surface area contributed by atoms with E-state index >= 15 is 0 Å². The first kappa shape index (κ1) is 30.0. The van der Waals surface area contributed by atoms with Crippen LogP contribution in [0.15, 0.2) is 36.5 Å². The van der Waals surface area contributed by atoms with Crippen molar-refractivity contribution in [2.75, 3.05) is 13.2 Å². The number of carboxylic acid groups (broad SMARTS) is 1. The van der Waals surface area contributed by atoms with Gasteiger partial charge in [-0.1, -0.05) is 56.6 Å². The standard InChI is InChI=1S/C30H48O7/c1-2-3-6-13-23(36-29-16-9-11-20-34-29)18-19-24-25(14-7-4-5-8-15-28(32)33)27(22-26(24)31)37-30-17-10-12-21-35-30/h4,7-8,15,18-19,23-27,29-31H,2-3,5-6,9-14,16-17,20-22H2,1H3,(H,32,33)/t23-,24+,25+,26+,27-,29?,30?/m0/s1. The number of carbonyl (C=O) groups is 1. The third-order valence-corrected chi connectivity index (χ3v) is 7.57. The Bertz CT molecular complexity index is 721. The van der Waals surface area contributed by atoms with E-state index in [-0.39, 0.29) is 36.6 Å². The summed E-state index contributed by atoms with van der Waals surface area (Å²) in [5.41, 5.74) is 0. The molecule has 37 heavy (non-hydrogen) atoms. The van der Waals surface area contributed by atoms with Crippen LogP contribution in [0.4, 0.5) is 0 Å². The van der Waals surface area contributed by atoms with Crippen LogP contribution in [0.1, 0.15) is 90.4 Å². The summed E-state index contributed by atoms with van der Waals surface area (Å²) in [6, 6.07) is 0. The number of aliphatic carboxylic acids is 1. The van der Waals surface area contributed by atoms with Crippen molar-refractivity contribution >= 4 is 5.97 Å². The molecule has 0 spiro atoms. The Labute approximate surface area is 222 Å². The third kappa shape index (κ3) is 11.0. The maximum absolute atomic E-state index is 11.1. The van der Waals surface area contributed by atoms with E-state index in [0.717, 1.165) is 83.5 Å². The van der Waals surface area contributed by atoms with Gasteiger partial charge in [-0.15, -0.1) is 0 Å². The topological polar surface area (TPSA) is 94.5 Å². The lowest BCUT2D eigenvalue weighted by Crippen LogP contribution is -2.31. The van der Waals surface area contributed by atoms with Crippen LogP contribution in [-0.2, 0) is 23.7 Å². The molecular weight excluding hydrogens is 472 g/mol. The Morgan fingerprint density at radius 3 is 2.46 bits per heavy atom. The van der Waals surface area contributed by atoms with Gasteiger partial charge in [0.1, 0.15) is 0 Å². The summed E-state index contributed by atoms with van der Waals surface area (Å²) in [6.45, 7) is 3.69. The van der Waals surface area contributed by atoms with Gasteiger partial charge in [0.05, 0.1) is 18.3 Å². The average Bonchev–Trinajstić information content (AvgIpc) is 3.19. The van der Waals surface area contributed by atoms with Gasteiger partial charge in [0.15, 0.2) is 12.6 Å². The first-order valence-electron chi connectivity index (χ1n) is 14.5. The zero-order valence-corrected chi connectivity index (χ0v) is 22.5. The van der Waals surface area contributed by atoms with Crippen molar-refractivity contribution in [3.63, 3.8) is 0 Å². The quantitative estimate of drug-likeness (QED) is 0.157. The molecule has 0 aromatic rings. The van der Waals surface area contributed by atoms with Crippen molar-refractivity contribution in [1.29, 1.82) is 0 Å². The number of ether oxygens (including phenoxy) is 4. The molecule has 3 fully saturated rings. The van der Waals surface area contributed by atoms with Crippen LogP contribution >= 0.6 is 0 Å². The fourth-order valence-electron chi connectivity index (χ4n) is 5.52. The summed E-state index contributed by atoms with van der Waals surface area (Å²) in [7, 11) is 0. The van der Waals surface area contributed by atoms with Gasteiger partial charge in [0, 0.05) is 31.6 Å². The van der Waals surface area contributed by atoms with Gasteiger partial charge >= 0.3 is 5.97 Å². The highest BCUT2D eigenvalue weighted by Gasteiger charge is 2.42. The van der Waals surface area contributed by atoms with Gasteiger partial charge in [-0.3, -0.25) is 0 Å². The largest absolute Gasteiger partial charge is 0.478 e. The van der Waals surface area contributed by atoms with Gasteiger partial charge in [0.2, 0.25) is 0 Å². The van der Waals surface area contributed by atoms with E-state index in [2.05, 4.69) is 25.2 Å². The number of aliphatic hydroxyl groups excluding tert-OH is 1. The smallest absolute Gasteiger partial charge is 0.327 e. The summed E-state index contributed by atoms with van der Waals surface area (Å²) < 4.78 is 24.4. The summed E-state index contributed by atoms with van der Waals surface area (Å²) >= 11 is 0. The van der Waals surface area contributed by atoms with Gasteiger partial charge in [-0.05, 0) is 63.7 Å². The van der Waals surface area contributed by atoms with Gasteiger partial charge in [0.25, 0.3) is 0 Å². The van der Waals surface area contributed by atoms with Crippen LogP contribution < -0.4 is 0 Å². The van der Waals surface area contributed by atoms with E-state index in [1.807, 2.05) is 6.08 Å². The molecule has 0 bridgehead atoms. The lowest BCUT2D eigenvalue weighted by molar-refractivity contribution is -0.195. The van der Waals surface area contributed by atoms with Gasteiger partial charge in [-0.2, -0.15) is 0 Å². The second kappa shape index (κ2) is 17.2. The lowest BCUT2D eigenvalue weighted by Gasteiger charge is -2.30. The number of hydrogen-bond donors (Lipinski definition) is 2. The molecule has 7 heteroatoms. The van der Waals surface area contributed by atoms with E-state index in [9.17, 15) is 9.90 Å². The first-order valence-corrected chi connectivity index (χ1v) is 14.5. The minimum absolute atomic E-state index is 0.0270. The molecule has 0 aromatic heterocycles. The summed E-state index contributed by atoms with van der Waals surface area (Å²) in [5.74, 6) is -0.871. The molecule has 7 atom stereocenters. The Morgan fingerprint density at radius 2 is 1.78 bits per heavy atom. The minimum atomic E-state index is -0.937. The molecular formula is C30H48O7. The molecule has 1 aliphatic carbocycles. The fraction of sp³-hybridized carbons (Fsp3) is 0.767. The molecule has 7 nitrogen and oxygen atoms in total. The molecule has 3 rings (SSSR count). The van der Waals surface area contributed by atoms with Crippen LogP contribution in [0.5, 0.6) is 0 Å². The van der Waals surface area contributed by atoms with Crippen molar-refractivity contribution in [2.45, 2.75) is 121 Å².